The van der Waals surface area contributed by atoms with Crippen molar-refractivity contribution in [2.45, 2.75) is 143 Å². The number of hydrogen-bond acceptors (Lipinski definition) is 13. The average molecular weight is 971 g/mol. The fourth-order valence-electron chi connectivity index (χ4n) is 6.85. The van der Waals surface area contributed by atoms with E-state index >= 15 is 0 Å². The molecular formula is C49H90N6O13. The molecule has 2 rings (SSSR count). The molecule has 0 radical (unpaired) electrons. The Kier molecular flexibility index (Phi) is 44.6. The fourth-order valence-corrected chi connectivity index (χ4v) is 6.85. The average Bonchev–Trinajstić information content (AvgIpc) is 3.36. The van der Waals surface area contributed by atoms with Crippen LogP contribution in [0.3, 0.4) is 0 Å². The van der Waals surface area contributed by atoms with Crippen molar-refractivity contribution in [3.8, 4) is 0 Å². The molecule has 0 fully saturated rings. The molecule has 0 aromatic heterocycles. The molecule has 2 aromatic carbocycles. The summed E-state index contributed by atoms with van der Waals surface area (Å²) < 4.78 is 0. The van der Waals surface area contributed by atoms with Gasteiger partial charge in [0.25, 0.3) is 23.6 Å². The molecule has 0 saturated heterocycles. The second-order valence-corrected chi connectivity index (χ2v) is 13.1. The Balaban J connectivity index is -0.00000102. The first-order valence-corrected chi connectivity index (χ1v) is 23.8. The molecule has 0 bridgehead atoms. The molecule has 0 atom stereocenters. The van der Waals surface area contributed by atoms with Crippen molar-refractivity contribution in [1.29, 1.82) is 0 Å². The maximum atomic E-state index is 13.5. The molecule has 394 valence electrons. The van der Waals surface area contributed by atoms with Crippen LogP contribution in [0, 0.1) is 41.5 Å². The van der Waals surface area contributed by atoms with Crippen molar-refractivity contribution >= 4 is 47.8 Å². The maximum Gasteiger partial charge on any atom is 0.252 e. The highest BCUT2D eigenvalue weighted by atomic mass is 16.3. The van der Waals surface area contributed by atoms with Crippen molar-refractivity contribution in [2.24, 2.45) is 0 Å². The number of carbonyl (C=O) groups is 6. The second-order valence-electron chi connectivity index (χ2n) is 13.1. The van der Waals surface area contributed by atoms with Gasteiger partial charge in [-0.3, -0.25) is 28.8 Å². The zero-order chi connectivity index (χ0) is 54.4. The number of nitrogens with one attached hydrogen (secondary N) is 4. The van der Waals surface area contributed by atoms with Crippen molar-refractivity contribution < 1.29 is 64.5 Å². The summed E-state index contributed by atoms with van der Waals surface area (Å²) in [5.74, 6) is -2.93. The molecule has 0 spiro atoms. The first-order chi connectivity index (χ1) is 32.5. The van der Waals surface area contributed by atoms with Gasteiger partial charge >= 0.3 is 0 Å². The van der Waals surface area contributed by atoms with E-state index in [2.05, 4.69) is 21.3 Å². The highest BCUT2D eigenvalue weighted by Gasteiger charge is 2.32. The molecular weight excluding hydrogens is 881 g/mol. The van der Waals surface area contributed by atoms with Crippen molar-refractivity contribution in [2.75, 3.05) is 75.6 Å². The maximum absolute atomic E-state index is 13.5. The molecule has 0 aliphatic heterocycles. The lowest BCUT2D eigenvalue weighted by molar-refractivity contribution is -0.108. The summed E-state index contributed by atoms with van der Waals surface area (Å²) in [6.45, 7) is 28.5. The third kappa shape index (κ3) is 20.7. The highest BCUT2D eigenvalue weighted by Crippen LogP contribution is 2.36. The SMILES string of the molecule is CC.CC.CC.CC.CC.CC.Cc1c(C(=O)NCCO)c(C)c(N(C=O)CC(O)CN(C=O)c2c(C)c(C(=O)NCCO)c(C)c(C(=O)NC(CO)CO)c2C)c(C)c1C(=O)NC(CO)CO. The third-order valence-corrected chi connectivity index (χ3v) is 9.32. The molecule has 19 heteroatoms. The number of anilines is 2. The molecule has 2 aromatic rings. The van der Waals surface area contributed by atoms with Gasteiger partial charge in [-0.2, -0.15) is 0 Å². The molecule has 0 aliphatic rings. The molecule has 0 unspecified atom stereocenters. The molecule has 0 saturated carbocycles. The third-order valence-electron chi connectivity index (χ3n) is 9.32. The Morgan fingerprint density at radius 3 is 0.882 bits per heavy atom. The number of carbonyl (C=O) groups excluding carboxylic acids is 6. The predicted molar refractivity (Wildman–Crippen MR) is 272 cm³/mol. The second kappa shape index (κ2) is 42.1. The molecule has 19 nitrogen and oxygen atoms in total. The van der Waals surface area contributed by atoms with E-state index in [1.807, 2.05) is 83.1 Å². The van der Waals surface area contributed by atoms with Gasteiger partial charge in [0.15, 0.2) is 0 Å². The van der Waals surface area contributed by atoms with Gasteiger partial charge < -0.3 is 66.8 Å². The van der Waals surface area contributed by atoms with Gasteiger partial charge in [0.05, 0.1) is 82.3 Å². The van der Waals surface area contributed by atoms with E-state index in [0.29, 0.717) is 12.8 Å². The van der Waals surface area contributed by atoms with E-state index in [9.17, 15) is 64.5 Å². The van der Waals surface area contributed by atoms with E-state index in [4.69, 9.17) is 0 Å². The summed E-state index contributed by atoms with van der Waals surface area (Å²) in [7, 11) is 0. The van der Waals surface area contributed by atoms with Crippen molar-refractivity contribution in [1.82, 2.24) is 21.3 Å². The Hall–Kier alpha value is -5.02. The van der Waals surface area contributed by atoms with Crippen LogP contribution < -0.4 is 31.1 Å². The van der Waals surface area contributed by atoms with Gasteiger partial charge in [-0.15, -0.1) is 0 Å². The summed E-state index contributed by atoms with van der Waals surface area (Å²) in [5.41, 5.74) is 1.18. The Bertz CT molecular complexity index is 1640. The van der Waals surface area contributed by atoms with E-state index in [-0.39, 0.29) is 80.1 Å². The van der Waals surface area contributed by atoms with Gasteiger partial charge in [-0.1, -0.05) is 83.1 Å². The smallest absolute Gasteiger partial charge is 0.252 e. The number of benzene rings is 2. The Labute approximate surface area is 406 Å². The Morgan fingerprint density at radius 1 is 0.441 bits per heavy atom. The quantitative estimate of drug-likeness (QED) is 0.0757. The highest BCUT2D eigenvalue weighted by molar-refractivity contribution is 6.08. The summed E-state index contributed by atoms with van der Waals surface area (Å²) in [4.78, 5) is 81.4. The first-order valence-electron chi connectivity index (χ1n) is 23.8. The number of rotatable bonds is 22. The predicted octanol–water partition coefficient (Wildman–Crippen LogP) is 3.29. The van der Waals surface area contributed by atoms with Crippen LogP contribution in [-0.4, -0.2) is 156 Å². The number of amides is 6. The molecule has 68 heavy (non-hydrogen) atoms. The topological polar surface area (TPSA) is 299 Å². The lowest BCUT2D eigenvalue weighted by Gasteiger charge is -2.31. The largest absolute Gasteiger partial charge is 0.395 e. The van der Waals surface area contributed by atoms with E-state index in [0.717, 1.165) is 9.80 Å². The Morgan fingerprint density at radius 2 is 0.676 bits per heavy atom. The van der Waals surface area contributed by atoms with Crippen LogP contribution in [0.2, 0.25) is 0 Å². The number of aliphatic hydroxyl groups is 7. The van der Waals surface area contributed by atoms with Gasteiger partial charge in [-0.25, -0.2) is 0 Å². The minimum atomic E-state index is -1.54. The summed E-state index contributed by atoms with van der Waals surface area (Å²) >= 11 is 0. The summed E-state index contributed by atoms with van der Waals surface area (Å²) in [6, 6.07) is -2.10. The minimum absolute atomic E-state index is 0.0158. The zero-order valence-electron chi connectivity index (χ0n) is 44.4. The monoisotopic (exact) mass is 971 g/mol. The van der Waals surface area contributed by atoms with Gasteiger partial charge in [-0.05, 0) is 74.9 Å². The van der Waals surface area contributed by atoms with Crippen LogP contribution in [0.1, 0.15) is 158 Å². The van der Waals surface area contributed by atoms with Gasteiger partial charge in [0.1, 0.15) is 0 Å². The number of hydrogen-bond donors (Lipinski definition) is 11. The van der Waals surface area contributed by atoms with Crippen LogP contribution in [0.25, 0.3) is 0 Å². The molecule has 0 heterocycles. The standard InChI is InChI=1S/C37H54N6O13.6C2H6/c1-19-28(34(53)38-7-9-44)21(3)32(23(5)30(19)36(55)40-25(13-46)14-47)42(17-50)11-27(52)12-43(18-51)33-22(4)29(35(54)39-8-10-45)20(2)31(24(33)6)37(56)41-26(15-48)16-49;6*1-2/h17-18,25-27,44-49,52H,7-16H2,1-6H3,(H,38,53)(H,39,54)(H,40,55)(H,41,56);6*1-2H3. The van der Waals surface area contributed by atoms with Crippen LogP contribution in [0.4, 0.5) is 11.4 Å². The van der Waals surface area contributed by atoms with E-state index in [1.54, 1.807) is 0 Å². The summed E-state index contributed by atoms with van der Waals surface area (Å²) in [5, 5.41) is 78.4. The fraction of sp³-hybridized carbons (Fsp3) is 0.633. The zero-order valence-corrected chi connectivity index (χ0v) is 44.4. The lowest BCUT2D eigenvalue weighted by Crippen LogP contribution is -2.43. The number of nitrogens with zero attached hydrogens (tertiary/aromatic N) is 2. The van der Waals surface area contributed by atoms with E-state index in [1.165, 1.54) is 41.5 Å². The van der Waals surface area contributed by atoms with Crippen LogP contribution in [-0.2, 0) is 9.59 Å². The molecule has 0 aliphatic carbocycles. The normalized spacial score (nSPS) is 9.71. The van der Waals surface area contributed by atoms with E-state index < -0.39 is 94.5 Å². The van der Waals surface area contributed by atoms with Crippen molar-refractivity contribution in [3.05, 3.63) is 55.6 Å². The minimum Gasteiger partial charge on any atom is -0.395 e. The van der Waals surface area contributed by atoms with Gasteiger partial charge in [0.2, 0.25) is 12.8 Å². The summed E-state index contributed by atoms with van der Waals surface area (Å²) in [6.07, 6.45) is -0.832. The van der Waals surface area contributed by atoms with Crippen LogP contribution >= 0.6 is 0 Å². The van der Waals surface area contributed by atoms with Gasteiger partial charge in [0, 0.05) is 35.3 Å². The van der Waals surface area contributed by atoms with Crippen LogP contribution in [0.15, 0.2) is 0 Å². The molecule has 6 amide bonds. The molecule has 11 N–H and O–H groups in total. The first kappa shape index (κ1) is 72.0. The van der Waals surface area contributed by atoms with Crippen molar-refractivity contribution in [3.63, 3.8) is 0 Å². The number of aliphatic hydroxyl groups excluding tert-OH is 7. The van der Waals surface area contributed by atoms with Crippen LogP contribution in [0.5, 0.6) is 0 Å². The lowest BCUT2D eigenvalue weighted by atomic mass is 9.89.